The Morgan fingerprint density at radius 3 is 2.86 bits per heavy atom. The summed E-state index contributed by atoms with van der Waals surface area (Å²) in [6.45, 7) is 5.42. The molecule has 21 heavy (non-hydrogen) atoms. The third-order valence-corrected chi connectivity index (χ3v) is 5.33. The summed E-state index contributed by atoms with van der Waals surface area (Å²) < 4.78 is 0. The third-order valence-electron chi connectivity index (χ3n) is 4.42. The summed E-state index contributed by atoms with van der Waals surface area (Å²) in [5, 5.41) is 14.3. The summed E-state index contributed by atoms with van der Waals surface area (Å²) in [6.07, 6.45) is 9.48. The summed E-state index contributed by atoms with van der Waals surface area (Å²) in [7, 11) is 0. The van der Waals surface area contributed by atoms with Gasteiger partial charge in [-0.2, -0.15) is 0 Å². The van der Waals surface area contributed by atoms with Gasteiger partial charge in [0, 0.05) is 23.7 Å². The largest absolute Gasteiger partial charge is 0.394 e. The van der Waals surface area contributed by atoms with Gasteiger partial charge in [-0.15, -0.1) is 0 Å². The minimum atomic E-state index is -0.0509. The zero-order valence-corrected chi connectivity index (χ0v) is 14.0. The molecule has 2 unspecified atom stereocenters. The van der Waals surface area contributed by atoms with Crippen molar-refractivity contribution < 1.29 is 5.11 Å². The maximum atomic E-state index is 9.87. The second-order valence-electron chi connectivity index (χ2n) is 6.01. The Labute approximate surface area is 132 Å². The predicted octanol–water partition coefficient (Wildman–Crippen LogP) is 2.80. The van der Waals surface area contributed by atoms with Crippen LogP contribution in [-0.4, -0.2) is 39.5 Å². The highest BCUT2D eigenvalue weighted by Crippen LogP contribution is 2.38. The van der Waals surface area contributed by atoms with Gasteiger partial charge in [-0.3, -0.25) is 0 Å². The first-order valence-corrected chi connectivity index (χ1v) is 8.96. The van der Waals surface area contributed by atoms with Crippen molar-refractivity contribution in [2.45, 2.75) is 56.6 Å². The van der Waals surface area contributed by atoms with Gasteiger partial charge in [-0.05, 0) is 50.6 Å². The van der Waals surface area contributed by atoms with Gasteiger partial charge < -0.3 is 10.4 Å². The van der Waals surface area contributed by atoms with Crippen molar-refractivity contribution in [1.82, 2.24) is 15.3 Å². The van der Waals surface area contributed by atoms with Crippen LogP contribution in [0.2, 0.25) is 0 Å². The molecule has 4 nitrogen and oxygen atoms in total. The Balaban J connectivity index is 1.84. The molecule has 0 saturated heterocycles. The highest BCUT2D eigenvalue weighted by molar-refractivity contribution is 7.99. The molecule has 0 radical (unpaired) electrons. The standard InChI is InChI=1S/C16H27N3OS/c1-3-8-19-16(12-20)7-4-5-14(16)6-9-21-15-17-10-13(2)11-18-15/h10-11,14,19-20H,3-9,12H2,1-2H3. The minimum Gasteiger partial charge on any atom is -0.394 e. The summed E-state index contributed by atoms with van der Waals surface area (Å²) in [5.41, 5.74) is 1.04. The van der Waals surface area contributed by atoms with Crippen LogP contribution in [0.15, 0.2) is 17.6 Å². The minimum absolute atomic E-state index is 0.0509. The van der Waals surface area contributed by atoms with Crippen LogP contribution in [0.4, 0.5) is 0 Å². The van der Waals surface area contributed by atoms with Crippen LogP contribution in [0.5, 0.6) is 0 Å². The number of nitrogens with zero attached hydrogens (tertiary/aromatic N) is 2. The van der Waals surface area contributed by atoms with E-state index in [1.54, 1.807) is 11.8 Å². The molecule has 2 N–H and O–H groups in total. The number of hydrogen-bond donors (Lipinski definition) is 2. The number of rotatable bonds is 8. The number of aliphatic hydroxyl groups excluding tert-OH is 1. The van der Waals surface area contributed by atoms with Crippen LogP contribution < -0.4 is 5.32 Å². The molecule has 1 aromatic rings. The first kappa shape index (κ1) is 16.7. The summed E-state index contributed by atoms with van der Waals surface area (Å²) in [4.78, 5) is 8.67. The van der Waals surface area contributed by atoms with Crippen molar-refractivity contribution >= 4 is 11.8 Å². The van der Waals surface area contributed by atoms with Crippen molar-refractivity contribution in [2.24, 2.45) is 5.92 Å². The fraction of sp³-hybridized carbons (Fsp3) is 0.750. The lowest BCUT2D eigenvalue weighted by Gasteiger charge is -2.35. The Morgan fingerprint density at radius 2 is 2.19 bits per heavy atom. The summed E-state index contributed by atoms with van der Waals surface area (Å²) in [6, 6.07) is 0. The Morgan fingerprint density at radius 1 is 1.43 bits per heavy atom. The van der Waals surface area contributed by atoms with Gasteiger partial charge in [0.05, 0.1) is 6.61 Å². The maximum absolute atomic E-state index is 9.87. The first-order chi connectivity index (χ1) is 10.2. The second kappa shape index (κ2) is 8.11. The average Bonchev–Trinajstić information content (AvgIpc) is 2.91. The zero-order valence-electron chi connectivity index (χ0n) is 13.1. The van der Waals surface area contributed by atoms with E-state index >= 15 is 0 Å². The molecule has 1 aliphatic carbocycles. The van der Waals surface area contributed by atoms with Crippen molar-refractivity contribution in [2.75, 3.05) is 18.9 Å². The van der Waals surface area contributed by atoms with Gasteiger partial charge in [0.1, 0.15) is 0 Å². The molecular weight excluding hydrogens is 282 g/mol. The second-order valence-corrected chi connectivity index (χ2v) is 7.07. The number of aliphatic hydroxyl groups is 1. The number of aryl methyl sites for hydroxylation is 1. The molecule has 118 valence electrons. The molecule has 1 saturated carbocycles. The molecule has 1 fully saturated rings. The predicted molar refractivity (Wildman–Crippen MR) is 87.6 cm³/mol. The van der Waals surface area contributed by atoms with E-state index in [9.17, 15) is 5.11 Å². The van der Waals surface area contributed by atoms with Gasteiger partial charge in [-0.1, -0.05) is 25.1 Å². The van der Waals surface area contributed by atoms with Crippen LogP contribution in [0.25, 0.3) is 0 Å². The smallest absolute Gasteiger partial charge is 0.187 e. The fourth-order valence-electron chi connectivity index (χ4n) is 3.18. The molecule has 1 aliphatic rings. The van der Waals surface area contributed by atoms with Crippen LogP contribution in [0.1, 0.15) is 44.6 Å². The SMILES string of the molecule is CCCNC1(CO)CCCC1CCSc1ncc(C)cn1. The lowest BCUT2D eigenvalue weighted by molar-refractivity contribution is 0.122. The summed E-state index contributed by atoms with van der Waals surface area (Å²) in [5.74, 6) is 1.58. The highest BCUT2D eigenvalue weighted by Gasteiger charge is 2.41. The van der Waals surface area contributed by atoms with Crippen molar-refractivity contribution in [1.29, 1.82) is 0 Å². The fourth-order valence-corrected chi connectivity index (χ4v) is 4.02. The van der Waals surface area contributed by atoms with Gasteiger partial charge in [0.15, 0.2) is 5.16 Å². The average molecular weight is 309 g/mol. The monoisotopic (exact) mass is 309 g/mol. The molecule has 0 aromatic carbocycles. The van der Waals surface area contributed by atoms with E-state index in [0.717, 1.165) is 42.3 Å². The first-order valence-electron chi connectivity index (χ1n) is 7.97. The van der Waals surface area contributed by atoms with Crippen LogP contribution in [0, 0.1) is 12.8 Å². The van der Waals surface area contributed by atoms with Gasteiger partial charge >= 0.3 is 0 Å². The third kappa shape index (κ3) is 4.41. The van der Waals surface area contributed by atoms with Gasteiger partial charge in [0.2, 0.25) is 0 Å². The summed E-state index contributed by atoms with van der Waals surface area (Å²) >= 11 is 1.72. The quantitative estimate of drug-likeness (QED) is 0.571. The Bertz CT molecular complexity index is 426. The van der Waals surface area contributed by atoms with Crippen LogP contribution in [-0.2, 0) is 0 Å². The molecule has 0 spiro atoms. The normalized spacial score (nSPS) is 25.4. The van der Waals surface area contributed by atoms with E-state index in [4.69, 9.17) is 0 Å². The molecule has 1 heterocycles. The molecule has 2 atom stereocenters. The van der Waals surface area contributed by atoms with E-state index in [0.29, 0.717) is 5.92 Å². The number of thioether (sulfide) groups is 1. The number of hydrogen-bond acceptors (Lipinski definition) is 5. The molecule has 0 aliphatic heterocycles. The van der Waals surface area contributed by atoms with Crippen LogP contribution >= 0.6 is 11.8 Å². The molecule has 0 bridgehead atoms. The number of aromatic nitrogens is 2. The van der Waals surface area contributed by atoms with Gasteiger partial charge in [0.25, 0.3) is 0 Å². The van der Waals surface area contributed by atoms with Gasteiger partial charge in [-0.25, -0.2) is 9.97 Å². The Hall–Kier alpha value is -0.650. The lowest BCUT2D eigenvalue weighted by atomic mass is 9.85. The topological polar surface area (TPSA) is 58.0 Å². The molecule has 2 rings (SSSR count). The molecule has 1 aromatic heterocycles. The Kier molecular flexibility index (Phi) is 6.45. The highest BCUT2D eigenvalue weighted by atomic mass is 32.2. The van der Waals surface area contributed by atoms with E-state index < -0.39 is 0 Å². The zero-order chi connectivity index (χ0) is 15.1. The molecular formula is C16H27N3OS. The molecule has 0 amide bonds. The van der Waals surface area contributed by atoms with Crippen molar-refractivity contribution in [3.8, 4) is 0 Å². The van der Waals surface area contributed by atoms with Crippen molar-refractivity contribution in [3.05, 3.63) is 18.0 Å². The lowest BCUT2D eigenvalue weighted by Crippen LogP contribution is -2.51. The van der Waals surface area contributed by atoms with E-state index in [-0.39, 0.29) is 12.1 Å². The number of nitrogens with one attached hydrogen (secondary N) is 1. The van der Waals surface area contributed by atoms with E-state index in [2.05, 4.69) is 22.2 Å². The van der Waals surface area contributed by atoms with Crippen LogP contribution in [0.3, 0.4) is 0 Å². The molecule has 5 heteroatoms. The van der Waals surface area contributed by atoms with Crippen molar-refractivity contribution in [3.63, 3.8) is 0 Å². The van der Waals surface area contributed by atoms with E-state index in [1.807, 2.05) is 19.3 Å². The van der Waals surface area contributed by atoms with E-state index in [1.165, 1.54) is 12.8 Å². The maximum Gasteiger partial charge on any atom is 0.187 e.